The van der Waals surface area contributed by atoms with Gasteiger partial charge in [-0.3, -0.25) is 4.79 Å². The van der Waals surface area contributed by atoms with Crippen LogP contribution in [-0.4, -0.2) is 17.5 Å². The SMILES string of the molecule is CNC(=O)c1ccc(-n2cccc2)cc1. The van der Waals surface area contributed by atoms with Crippen LogP contribution >= 0.6 is 0 Å². The zero-order valence-corrected chi connectivity index (χ0v) is 8.47. The number of aromatic nitrogens is 1. The van der Waals surface area contributed by atoms with Gasteiger partial charge in [0.25, 0.3) is 5.91 Å². The maximum Gasteiger partial charge on any atom is 0.251 e. The predicted octanol–water partition coefficient (Wildman–Crippen LogP) is 1.84. The van der Waals surface area contributed by atoms with Crippen LogP contribution in [0.1, 0.15) is 10.4 Å². The number of carbonyl (C=O) groups is 1. The number of benzene rings is 1. The van der Waals surface area contributed by atoms with Gasteiger partial charge in [0.15, 0.2) is 0 Å². The molecule has 0 saturated heterocycles. The van der Waals surface area contributed by atoms with E-state index in [1.807, 2.05) is 53.4 Å². The molecule has 2 rings (SSSR count). The number of nitrogens with zero attached hydrogens (tertiary/aromatic N) is 1. The number of hydrogen-bond acceptors (Lipinski definition) is 1. The van der Waals surface area contributed by atoms with Crippen LogP contribution in [0, 0.1) is 0 Å². The molecule has 76 valence electrons. The van der Waals surface area contributed by atoms with Crippen LogP contribution in [0.5, 0.6) is 0 Å². The van der Waals surface area contributed by atoms with E-state index in [1.54, 1.807) is 7.05 Å². The first-order valence-corrected chi connectivity index (χ1v) is 4.77. The molecule has 1 heterocycles. The lowest BCUT2D eigenvalue weighted by Gasteiger charge is -2.04. The molecular weight excluding hydrogens is 188 g/mol. The van der Waals surface area contributed by atoms with Gasteiger partial charge in [-0.15, -0.1) is 0 Å². The Morgan fingerprint density at radius 3 is 2.27 bits per heavy atom. The number of hydrogen-bond donors (Lipinski definition) is 1. The highest BCUT2D eigenvalue weighted by molar-refractivity contribution is 5.94. The summed E-state index contributed by atoms with van der Waals surface area (Å²) in [6.45, 7) is 0. The highest BCUT2D eigenvalue weighted by atomic mass is 16.1. The molecule has 1 aromatic heterocycles. The summed E-state index contributed by atoms with van der Waals surface area (Å²) in [5.74, 6) is -0.0611. The van der Waals surface area contributed by atoms with Crippen molar-refractivity contribution in [1.29, 1.82) is 0 Å². The molecule has 15 heavy (non-hydrogen) atoms. The molecule has 0 spiro atoms. The third-order valence-electron chi connectivity index (χ3n) is 2.26. The molecule has 3 heteroatoms. The molecule has 0 bridgehead atoms. The molecule has 0 fully saturated rings. The molecular formula is C12H12N2O. The summed E-state index contributed by atoms with van der Waals surface area (Å²) in [6.07, 6.45) is 3.93. The number of carbonyl (C=O) groups excluding carboxylic acids is 1. The first-order valence-electron chi connectivity index (χ1n) is 4.77. The van der Waals surface area contributed by atoms with Gasteiger partial charge in [-0.2, -0.15) is 0 Å². The van der Waals surface area contributed by atoms with Crippen molar-refractivity contribution in [2.45, 2.75) is 0 Å². The van der Waals surface area contributed by atoms with Gasteiger partial charge in [0, 0.05) is 30.7 Å². The van der Waals surface area contributed by atoms with Crippen LogP contribution in [0.25, 0.3) is 5.69 Å². The average Bonchev–Trinajstić information content (AvgIpc) is 2.82. The van der Waals surface area contributed by atoms with Gasteiger partial charge >= 0.3 is 0 Å². The molecule has 0 radical (unpaired) electrons. The van der Waals surface area contributed by atoms with Crippen molar-refractivity contribution in [1.82, 2.24) is 9.88 Å². The van der Waals surface area contributed by atoms with Gasteiger partial charge in [0.05, 0.1) is 0 Å². The normalized spacial score (nSPS) is 9.93. The van der Waals surface area contributed by atoms with Gasteiger partial charge in [-0.1, -0.05) is 0 Å². The molecule has 3 nitrogen and oxygen atoms in total. The molecule has 0 aliphatic carbocycles. The van der Waals surface area contributed by atoms with Crippen LogP contribution < -0.4 is 5.32 Å². The quantitative estimate of drug-likeness (QED) is 0.788. The van der Waals surface area contributed by atoms with E-state index in [0.29, 0.717) is 5.56 Å². The second-order valence-corrected chi connectivity index (χ2v) is 3.22. The number of rotatable bonds is 2. The molecule has 0 atom stereocenters. The summed E-state index contributed by atoms with van der Waals surface area (Å²) in [5.41, 5.74) is 1.72. The Morgan fingerprint density at radius 1 is 1.13 bits per heavy atom. The lowest BCUT2D eigenvalue weighted by atomic mass is 10.2. The lowest BCUT2D eigenvalue weighted by Crippen LogP contribution is -2.17. The van der Waals surface area contributed by atoms with Gasteiger partial charge in [0.2, 0.25) is 0 Å². The fourth-order valence-electron chi connectivity index (χ4n) is 1.44. The summed E-state index contributed by atoms with van der Waals surface area (Å²) >= 11 is 0. The Balaban J connectivity index is 2.29. The van der Waals surface area contributed by atoms with E-state index < -0.39 is 0 Å². The van der Waals surface area contributed by atoms with Gasteiger partial charge in [0.1, 0.15) is 0 Å². The number of nitrogens with one attached hydrogen (secondary N) is 1. The van der Waals surface area contributed by atoms with Crippen molar-refractivity contribution < 1.29 is 4.79 Å². The average molecular weight is 200 g/mol. The van der Waals surface area contributed by atoms with Gasteiger partial charge in [-0.05, 0) is 36.4 Å². The monoisotopic (exact) mass is 200 g/mol. The van der Waals surface area contributed by atoms with Crippen molar-refractivity contribution >= 4 is 5.91 Å². The first-order chi connectivity index (χ1) is 7.31. The minimum absolute atomic E-state index is 0.0611. The van der Waals surface area contributed by atoms with Gasteiger partial charge in [-0.25, -0.2) is 0 Å². The summed E-state index contributed by atoms with van der Waals surface area (Å²) in [5, 5.41) is 2.59. The summed E-state index contributed by atoms with van der Waals surface area (Å²) < 4.78 is 1.99. The molecule has 1 amide bonds. The van der Waals surface area contributed by atoms with Crippen molar-refractivity contribution in [2.75, 3.05) is 7.05 Å². The fraction of sp³-hybridized carbons (Fsp3) is 0.0833. The molecule has 0 aliphatic rings. The minimum atomic E-state index is -0.0611. The van der Waals surface area contributed by atoms with Crippen LogP contribution in [0.15, 0.2) is 48.8 Å². The minimum Gasteiger partial charge on any atom is -0.355 e. The maximum absolute atomic E-state index is 11.3. The Labute approximate surface area is 88.3 Å². The summed E-state index contributed by atoms with van der Waals surface area (Å²) in [4.78, 5) is 11.3. The van der Waals surface area contributed by atoms with E-state index >= 15 is 0 Å². The van der Waals surface area contributed by atoms with Crippen molar-refractivity contribution in [3.05, 3.63) is 54.4 Å². The smallest absolute Gasteiger partial charge is 0.251 e. The molecule has 2 aromatic rings. The second-order valence-electron chi connectivity index (χ2n) is 3.22. The highest BCUT2D eigenvalue weighted by Gasteiger charge is 2.02. The summed E-state index contributed by atoms with van der Waals surface area (Å²) in [6, 6.07) is 11.4. The lowest BCUT2D eigenvalue weighted by molar-refractivity contribution is 0.0963. The number of amides is 1. The van der Waals surface area contributed by atoms with Crippen molar-refractivity contribution in [2.24, 2.45) is 0 Å². The third-order valence-corrected chi connectivity index (χ3v) is 2.26. The fourth-order valence-corrected chi connectivity index (χ4v) is 1.44. The van der Waals surface area contributed by atoms with Crippen LogP contribution in [-0.2, 0) is 0 Å². The predicted molar refractivity (Wildman–Crippen MR) is 59.2 cm³/mol. The molecule has 1 N–H and O–H groups in total. The van der Waals surface area contributed by atoms with Crippen molar-refractivity contribution in [3.8, 4) is 5.69 Å². The zero-order chi connectivity index (χ0) is 10.7. The molecule has 0 saturated carbocycles. The third kappa shape index (κ3) is 1.91. The van der Waals surface area contributed by atoms with E-state index in [0.717, 1.165) is 5.69 Å². The Hall–Kier alpha value is -2.03. The first kappa shape index (κ1) is 9.52. The molecule has 1 aromatic carbocycles. The van der Waals surface area contributed by atoms with Crippen molar-refractivity contribution in [3.63, 3.8) is 0 Å². The Kier molecular flexibility index (Phi) is 2.54. The van der Waals surface area contributed by atoms with Crippen LogP contribution in [0.4, 0.5) is 0 Å². The molecule has 0 aliphatic heterocycles. The Morgan fingerprint density at radius 2 is 1.73 bits per heavy atom. The second kappa shape index (κ2) is 4.00. The van der Waals surface area contributed by atoms with Crippen LogP contribution in [0.3, 0.4) is 0 Å². The Bertz CT molecular complexity index is 443. The highest BCUT2D eigenvalue weighted by Crippen LogP contribution is 2.09. The standard InChI is InChI=1S/C12H12N2O/c1-13-12(15)10-4-6-11(7-5-10)14-8-2-3-9-14/h2-9H,1H3,(H,13,15). The van der Waals surface area contributed by atoms with E-state index in [-0.39, 0.29) is 5.91 Å². The van der Waals surface area contributed by atoms with Crippen LogP contribution in [0.2, 0.25) is 0 Å². The van der Waals surface area contributed by atoms with E-state index in [2.05, 4.69) is 5.32 Å². The summed E-state index contributed by atoms with van der Waals surface area (Å²) in [7, 11) is 1.63. The van der Waals surface area contributed by atoms with E-state index in [4.69, 9.17) is 0 Å². The van der Waals surface area contributed by atoms with E-state index in [1.165, 1.54) is 0 Å². The van der Waals surface area contributed by atoms with E-state index in [9.17, 15) is 4.79 Å². The largest absolute Gasteiger partial charge is 0.355 e. The molecule has 0 unspecified atom stereocenters. The zero-order valence-electron chi connectivity index (χ0n) is 8.47. The topological polar surface area (TPSA) is 34.0 Å². The van der Waals surface area contributed by atoms with Gasteiger partial charge < -0.3 is 9.88 Å². The maximum atomic E-state index is 11.3.